The SMILES string of the molecule is C=CCOc1cccc(-c2nn3c(-c4c(C)nc5ccccn45)nnc3s2)c1. The summed E-state index contributed by atoms with van der Waals surface area (Å²) in [5.74, 6) is 1.45. The molecule has 0 N–H and O–H groups in total. The predicted molar refractivity (Wildman–Crippen MR) is 109 cm³/mol. The van der Waals surface area contributed by atoms with E-state index in [0.29, 0.717) is 12.4 Å². The normalized spacial score (nSPS) is 11.3. The first-order chi connectivity index (χ1) is 13.7. The average Bonchev–Trinajstić information content (AvgIpc) is 3.38. The Morgan fingerprint density at radius 1 is 1.18 bits per heavy atom. The van der Waals surface area contributed by atoms with Gasteiger partial charge in [0.05, 0.1) is 5.69 Å². The van der Waals surface area contributed by atoms with E-state index in [4.69, 9.17) is 9.84 Å². The number of pyridine rings is 1. The van der Waals surface area contributed by atoms with Gasteiger partial charge < -0.3 is 4.74 Å². The molecule has 0 aliphatic rings. The van der Waals surface area contributed by atoms with E-state index in [1.807, 2.05) is 60.0 Å². The fourth-order valence-corrected chi connectivity index (χ4v) is 3.97. The summed E-state index contributed by atoms with van der Waals surface area (Å²) in [6, 6.07) is 13.7. The van der Waals surface area contributed by atoms with Crippen LogP contribution in [0.2, 0.25) is 0 Å². The van der Waals surface area contributed by atoms with Gasteiger partial charge in [-0.2, -0.15) is 9.61 Å². The molecular weight excluding hydrogens is 372 g/mol. The van der Waals surface area contributed by atoms with E-state index in [9.17, 15) is 0 Å². The second-order valence-electron chi connectivity index (χ2n) is 6.23. The zero-order valence-electron chi connectivity index (χ0n) is 15.1. The highest BCUT2D eigenvalue weighted by molar-refractivity contribution is 7.19. The van der Waals surface area contributed by atoms with E-state index in [1.165, 1.54) is 11.3 Å². The maximum atomic E-state index is 5.63. The van der Waals surface area contributed by atoms with Gasteiger partial charge in [-0.1, -0.05) is 42.2 Å². The molecule has 0 aliphatic heterocycles. The van der Waals surface area contributed by atoms with Gasteiger partial charge in [-0.25, -0.2) is 4.98 Å². The van der Waals surface area contributed by atoms with Crippen LogP contribution in [-0.4, -0.2) is 35.8 Å². The lowest BCUT2D eigenvalue weighted by atomic mass is 10.2. The van der Waals surface area contributed by atoms with E-state index in [-0.39, 0.29) is 0 Å². The van der Waals surface area contributed by atoms with Gasteiger partial charge in [0.15, 0.2) is 0 Å². The molecule has 0 bridgehead atoms. The monoisotopic (exact) mass is 388 g/mol. The van der Waals surface area contributed by atoms with Crippen LogP contribution in [0, 0.1) is 6.92 Å². The van der Waals surface area contributed by atoms with Gasteiger partial charge in [0.1, 0.15) is 28.7 Å². The molecule has 0 fully saturated rings. The highest BCUT2D eigenvalue weighted by Crippen LogP contribution is 2.31. The van der Waals surface area contributed by atoms with Gasteiger partial charge in [-0.05, 0) is 31.2 Å². The number of nitrogens with zero attached hydrogens (tertiary/aromatic N) is 6. The number of benzene rings is 1. The molecule has 5 rings (SSSR count). The van der Waals surface area contributed by atoms with Gasteiger partial charge in [0.2, 0.25) is 10.8 Å². The topological polar surface area (TPSA) is 69.6 Å². The first kappa shape index (κ1) is 16.6. The largest absolute Gasteiger partial charge is 0.490 e. The third kappa shape index (κ3) is 2.66. The molecule has 28 heavy (non-hydrogen) atoms. The Balaban J connectivity index is 1.62. The Labute approximate surface area is 164 Å². The Morgan fingerprint density at radius 3 is 3.00 bits per heavy atom. The molecule has 0 amide bonds. The second kappa shape index (κ2) is 6.58. The molecule has 4 aromatic heterocycles. The van der Waals surface area contributed by atoms with Crippen molar-refractivity contribution in [1.29, 1.82) is 0 Å². The molecule has 0 radical (unpaired) electrons. The van der Waals surface area contributed by atoms with Crippen LogP contribution in [-0.2, 0) is 0 Å². The number of hydrogen-bond donors (Lipinski definition) is 0. The molecule has 0 aliphatic carbocycles. The van der Waals surface area contributed by atoms with Crippen molar-refractivity contribution in [3.63, 3.8) is 0 Å². The summed E-state index contributed by atoms with van der Waals surface area (Å²) >= 11 is 1.49. The van der Waals surface area contributed by atoms with Crippen molar-refractivity contribution in [2.45, 2.75) is 6.92 Å². The van der Waals surface area contributed by atoms with Gasteiger partial charge >= 0.3 is 0 Å². The van der Waals surface area contributed by atoms with Crippen molar-refractivity contribution in [1.82, 2.24) is 29.2 Å². The molecule has 5 aromatic rings. The lowest BCUT2D eigenvalue weighted by Crippen LogP contribution is -1.96. The van der Waals surface area contributed by atoms with Crippen molar-refractivity contribution >= 4 is 21.9 Å². The fraction of sp³-hybridized carbons (Fsp3) is 0.100. The number of imidazole rings is 1. The van der Waals surface area contributed by atoms with Gasteiger partial charge in [0.25, 0.3) is 0 Å². The number of ether oxygens (including phenoxy) is 1. The summed E-state index contributed by atoms with van der Waals surface area (Å²) in [4.78, 5) is 5.34. The predicted octanol–water partition coefficient (Wildman–Crippen LogP) is 4.04. The summed E-state index contributed by atoms with van der Waals surface area (Å²) in [7, 11) is 0. The minimum Gasteiger partial charge on any atom is -0.490 e. The Bertz CT molecular complexity index is 1310. The summed E-state index contributed by atoms with van der Waals surface area (Å²) in [5, 5.41) is 14.3. The molecule has 0 saturated heterocycles. The van der Waals surface area contributed by atoms with Gasteiger partial charge in [-0.15, -0.1) is 10.2 Å². The quantitative estimate of drug-likeness (QED) is 0.425. The lowest BCUT2D eigenvalue weighted by Gasteiger charge is -2.04. The third-order valence-electron chi connectivity index (χ3n) is 4.36. The Hall–Kier alpha value is -3.52. The first-order valence-electron chi connectivity index (χ1n) is 8.75. The van der Waals surface area contributed by atoms with Crippen LogP contribution in [0.1, 0.15) is 5.69 Å². The fourth-order valence-electron chi connectivity index (χ4n) is 3.14. The number of fused-ring (bicyclic) bond motifs is 2. The molecule has 1 aromatic carbocycles. The maximum Gasteiger partial charge on any atom is 0.235 e. The van der Waals surface area contributed by atoms with Crippen LogP contribution >= 0.6 is 11.3 Å². The number of aromatic nitrogens is 6. The number of rotatable bonds is 5. The van der Waals surface area contributed by atoms with E-state index in [1.54, 1.807) is 10.6 Å². The van der Waals surface area contributed by atoms with Crippen molar-refractivity contribution in [2.24, 2.45) is 0 Å². The van der Waals surface area contributed by atoms with Crippen molar-refractivity contribution in [3.8, 4) is 27.8 Å². The Morgan fingerprint density at radius 2 is 2.11 bits per heavy atom. The standard InChI is InChI=1S/C20H16N6OS/c1-3-11-27-15-8-6-7-14(12-15)19-24-26-18(22-23-20(26)28-19)17-13(2)21-16-9-4-5-10-25(16)17/h3-10,12H,1,11H2,2H3. The molecular formula is C20H16N6OS. The summed E-state index contributed by atoms with van der Waals surface area (Å²) in [5.41, 5.74) is 3.62. The zero-order chi connectivity index (χ0) is 19.1. The minimum atomic E-state index is 0.465. The van der Waals surface area contributed by atoms with Crippen molar-refractivity contribution in [2.75, 3.05) is 6.61 Å². The molecule has 0 spiro atoms. The van der Waals surface area contributed by atoms with Crippen LogP contribution in [0.3, 0.4) is 0 Å². The Kier molecular flexibility index (Phi) is 3.91. The second-order valence-corrected chi connectivity index (χ2v) is 7.18. The van der Waals surface area contributed by atoms with E-state index < -0.39 is 0 Å². The number of hydrogen-bond acceptors (Lipinski definition) is 6. The lowest BCUT2D eigenvalue weighted by molar-refractivity contribution is 0.363. The van der Waals surface area contributed by atoms with Crippen molar-refractivity contribution in [3.05, 3.63) is 67.0 Å². The van der Waals surface area contributed by atoms with Crippen LogP contribution in [0.15, 0.2) is 61.3 Å². The zero-order valence-corrected chi connectivity index (χ0v) is 15.9. The van der Waals surface area contributed by atoms with Gasteiger partial charge in [-0.3, -0.25) is 4.40 Å². The molecule has 0 saturated carbocycles. The number of aryl methyl sites for hydroxylation is 1. The molecule has 7 nitrogen and oxygen atoms in total. The van der Waals surface area contributed by atoms with Crippen LogP contribution in [0.25, 0.3) is 32.7 Å². The van der Waals surface area contributed by atoms with Crippen LogP contribution < -0.4 is 4.74 Å². The van der Waals surface area contributed by atoms with Crippen molar-refractivity contribution < 1.29 is 4.74 Å². The van der Waals surface area contributed by atoms with E-state index in [2.05, 4.69) is 21.8 Å². The molecule has 0 unspecified atom stereocenters. The van der Waals surface area contributed by atoms with Gasteiger partial charge in [0, 0.05) is 11.8 Å². The van der Waals surface area contributed by atoms with E-state index in [0.717, 1.165) is 38.3 Å². The molecule has 8 heteroatoms. The summed E-state index contributed by atoms with van der Waals surface area (Å²) in [6.45, 7) is 6.11. The maximum absolute atomic E-state index is 5.63. The molecule has 4 heterocycles. The third-order valence-corrected chi connectivity index (χ3v) is 5.30. The highest BCUT2D eigenvalue weighted by Gasteiger charge is 2.20. The molecule has 0 atom stereocenters. The summed E-state index contributed by atoms with van der Waals surface area (Å²) < 4.78 is 9.42. The average molecular weight is 388 g/mol. The first-order valence-corrected chi connectivity index (χ1v) is 9.56. The summed E-state index contributed by atoms with van der Waals surface area (Å²) in [6.07, 6.45) is 3.69. The van der Waals surface area contributed by atoms with Crippen LogP contribution in [0.5, 0.6) is 5.75 Å². The smallest absolute Gasteiger partial charge is 0.235 e. The van der Waals surface area contributed by atoms with E-state index >= 15 is 0 Å². The highest BCUT2D eigenvalue weighted by atomic mass is 32.1. The minimum absolute atomic E-state index is 0.465. The van der Waals surface area contributed by atoms with Crippen LogP contribution in [0.4, 0.5) is 0 Å². The molecule has 138 valence electrons.